The molecule has 32 heavy (non-hydrogen) atoms. The van der Waals surface area contributed by atoms with E-state index in [9.17, 15) is 24.0 Å². The third-order valence-corrected chi connectivity index (χ3v) is 4.32. The van der Waals surface area contributed by atoms with Crippen LogP contribution >= 0.6 is 0 Å². The number of hydrogen-bond acceptors (Lipinski definition) is 7. The van der Waals surface area contributed by atoms with Crippen LogP contribution in [0.4, 0.5) is 0 Å². The van der Waals surface area contributed by atoms with E-state index in [1.165, 1.54) is 6.92 Å². The minimum absolute atomic E-state index is 0.0770. The fourth-order valence-corrected chi connectivity index (χ4v) is 2.49. The Morgan fingerprint density at radius 2 is 1.50 bits per heavy atom. The van der Waals surface area contributed by atoms with Crippen molar-refractivity contribution in [3.05, 3.63) is 0 Å². The lowest BCUT2D eigenvalue weighted by atomic mass is 10.0. The van der Waals surface area contributed by atoms with Crippen LogP contribution in [0, 0.1) is 5.92 Å². The summed E-state index contributed by atoms with van der Waals surface area (Å²) in [5.74, 6) is -4.93. The molecule has 0 heterocycles. The Kier molecular flexibility index (Phi) is 12.3. The third kappa shape index (κ3) is 11.1. The van der Waals surface area contributed by atoms with Crippen molar-refractivity contribution in [2.24, 2.45) is 33.8 Å². The lowest BCUT2D eigenvalue weighted by Crippen LogP contribution is -2.58. The second kappa shape index (κ2) is 13.8. The zero-order valence-electron chi connectivity index (χ0n) is 18.5. The second-order valence-corrected chi connectivity index (χ2v) is 7.59. The molecule has 0 rings (SSSR count). The van der Waals surface area contributed by atoms with Gasteiger partial charge in [0.1, 0.15) is 18.1 Å². The van der Waals surface area contributed by atoms with Crippen molar-refractivity contribution < 1.29 is 29.1 Å². The molecule has 4 amide bonds. The first-order valence-corrected chi connectivity index (χ1v) is 9.99. The largest absolute Gasteiger partial charge is 0.480 e. The number of carbonyl (C=O) groups excluding carboxylic acids is 4. The average Bonchev–Trinajstić information content (AvgIpc) is 2.67. The fraction of sp³-hybridized carbons (Fsp3) is 0.667. The summed E-state index contributed by atoms with van der Waals surface area (Å²) in [6.45, 7) is 4.82. The smallest absolute Gasteiger partial charge is 0.325 e. The van der Waals surface area contributed by atoms with E-state index in [0.29, 0.717) is 6.42 Å². The number of carboxylic acids is 1. The number of carbonyl (C=O) groups is 5. The third-order valence-electron chi connectivity index (χ3n) is 4.32. The van der Waals surface area contributed by atoms with Crippen molar-refractivity contribution in [3.63, 3.8) is 0 Å². The Bertz CT molecular complexity index is 722. The minimum Gasteiger partial charge on any atom is -0.480 e. The number of amides is 4. The summed E-state index contributed by atoms with van der Waals surface area (Å²) in [7, 11) is 0. The van der Waals surface area contributed by atoms with Crippen LogP contribution < -0.4 is 38.9 Å². The maximum atomic E-state index is 12.7. The second-order valence-electron chi connectivity index (χ2n) is 7.59. The molecule has 182 valence electrons. The predicted octanol–water partition coefficient (Wildman–Crippen LogP) is -3.54. The summed E-state index contributed by atoms with van der Waals surface area (Å²) < 4.78 is 0. The molecule has 0 aliphatic heterocycles. The molecule has 0 saturated heterocycles. The molecule has 0 aliphatic rings. The summed E-state index contributed by atoms with van der Waals surface area (Å²) in [6.07, 6.45) is 0.134. The average molecular weight is 459 g/mol. The molecule has 4 atom stereocenters. The van der Waals surface area contributed by atoms with Gasteiger partial charge < -0.3 is 44.0 Å². The van der Waals surface area contributed by atoms with Crippen molar-refractivity contribution >= 4 is 35.6 Å². The number of hydrogen-bond donors (Lipinski definition) is 8. The number of nitrogens with one attached hydrogen (secondary N) is 3. The van der Waals surface area contributed by atoms with Gasteiger partial charge in [-0.1, -0.05) is 13.8 Å². The van der Waals surface area contributed by atoms with Crippen LogP contribution in [-0.4, -0.2) is 71.4 Å². The molecule has 0 radical (unpaired) electrons. The van der Waals surface area contributed by atoms with Crippen LogP contribution in [-0.2, 0) is 24.0 Å². The predicted molar refractivity (Wildman–Crippen MR) is 116 cm³/mol. The Labute approximate surface area is 185 Å². The molecule has 0 aromatic heterocycles. The Morgan fingerprint density at radius 3 is 1.97 bits per heavy atom. The highest BCUT2D eigenvalue weighted by Crippen LogP contribution is 2.06. The van der Waals surface area contributed by atoms with E-state index in [-0.39, 0.29) is 18.9 Å². The van der Waals surface area contributed by atoms with E-state index in [1.807, 2.05) is 0 Å². The topological polar surface area (TPSA) is 258 Å². The molecule has 0 bridgehead atoms. The molecule has 4 unspecified atom stereocenters. The molecule has 0 fully saturated rings. The van der Waals surface area contributed by atoms with Crippen LogP contribution in [0.5, 0.6) is 0 Å². The van der Waals surface area contributed by atoms with E-state index in [1.54, 1.807) is 13.8 Å². The van der Waals surface area contributed by atoms with Crippen molar-refractivity contribution in [1.29, 1.82) is 0 Å². The number of guanidine groups is 1. The summed E-state index contributed by atoms with van der Waals surface area (Å²) >= 11 is 0. The molecule has 0 aromatic rings. The van der Waals surface area contributed by atoms with E-state index in [0.717, 1.165) is 0 Å². The first-order valence-electron chi connectivity index (χ1n) is 9.99. The van der Waals surface area contributed by atoms with Gasteiger partial charge in [0.2, 0.25) is 23.6 Å². The van der Waals surface area contributed by atoms with Gasteiger partial charge in [-0.25, -0.2) is 0 Å². The van der Waals surface area contributed by atoms with Gasteiger partial charge in [-0.15, -0.1) is 0 Å². The molecule has 14 heteroatoms. The zero-order valence-corrected chi connectivity index (χ0v) is 18.5. The van der Waals surface area contributed by atoms with Crippen molar-refractivity contribution in [3.8, 4) is 0 Å². The molecule has 14 nitrogen and oxygen atoms in total. The lowest BCUT2D eigenvalue weighted by molar-refractivity contribution is -0.142. The van der Waals surface area contributed by atoms with Crippen molar-refractivity contribution in [1.82, 2.24) is 16.0 Å². The molecule has 0 saturated carbocycles. The van der Waals surface area contributed by atoms with Gasteiger partial charge in [-0.3, -0.25) is 29.0 Å². The first kappa shape index (κ1) is 28.6. The van der Waals surface area contributed by atoms with Gasteiger partial charge in [-0.2, -0.15) is 0 Å². The number of primary amides is 1. The Balaban J connectivity index is 5.16. The lowest BCUT2D eigenvalue weighted by Gasteiger charge is -2.26. The SMILES string of the molecule is CC(NC(=O)C(CC(N)=O)NC(=O)C(NC(=O)C(N)CCCN=C(N)N)C(C)C)C(=O)O. The number of aliphatic carboxylic acids is 1. The quantitative estimate of drug-likeness (QED) is 0.0726. The zero-order chi connectivity index (χ0) is 25.0. The molecule has 0 aliphatic carbocycles. The Hall–Kier alpha value is -3.42. The highest BCUT2D eigenvalue weighted by Gasteiger charge is 2.31. The van der Waals surface area contributed by atoms with Gasteiger partial charge in [0, 0.05) is 6.54 Å². The van der Waals surface area contributed by atoms with Gasteiger partial charge in [0.15, 0.2) is 5.96 Å². The number of nitrogens with two attached hydrogens (primary N) is 4. The van der Waals surface area contributed by atoms with Crippen LogP contribution in [0.15, 0.2) is 4.99 Å². The summed E-state index contributed by atoms with van der Waals surface area (Å²) in [4.78, 5) is 63.5. The van der Waals surface area contributed by atoms with E-state index in [4.69, 9.17) is 28.0 Å². The monoisotopic (exact) mass is 458 g/mol. The van der Waals surface area contributed by atoms with E-state index in [2.05, 4.69) is 20.9 Å². The maximum absolute atomic E-state index is 12.7. The normalized spacial score (nSPS) is 14.4. The first-order chi connectivity index (χ1) is 14.8. The minimum atomic E-state index is -1.42. The van der Waals surface area contributed by atoms with Crippen molar-refractivity contribution in [2.45, 2.75) is 64.2 Å². The van der Waals surface area contributed by atoms with Gasteiger partial charge in [0.25, 0.3) is 0 Å². The van der Waals surface area contributed by atoms with Crippen LogP contribution in [0.3, 0.4) is 0 Å². The van der Waals surface area contributed by atoms with Gasteiger partial charge in [0.05, 0.1) is 12.5 Å². The number of rotatable bonds is 14. The number of carboxylic acid groups (broad SMARTS) is 1. The molecule has 0 aromatic carbocycles. The summed E-state index contributed by atoms with van der Waals surface area (Å²) in [6, 6.07) is -4.69. The maximum Gasteiger partial charge on any atom is 0.325 e. The molecular formula is C18H34N8O6. The summed E-state index contributed by atoms with van der Waals surface area (Å²) in [5.41, 5.74) is 21.4. The van der Waals surface area contributed by atoms with Crippen LogP contribution in [0.1, 0.15) is 40.0 Å². The van der Waals surface area contributed by atoms with Gasteiger partial charge >= 0.3 is 5.97 Å². The highest BCUT2D eigenvalue weighted by atomic mass is 16.4. The fourth-order valence-electron chi connectivity index (χ4n) is 2.49. The molecule has 0 spiro atoms. The van der Waals surface area contributed by atoms with E-state index >= 15 is 0 Å². The number of aliphatic imine (C=N–C) groups is 1. The highest BCUT2D eigenvalue weighted by molar-refractivity contribution is 5.96. The van der Waals surface area contributed by atoms with Crippen LogP contribution in [0.2, 0.25) is 0 Å². The number of nitrogens with zero attached hydrogens (tertiary/aromatic N) is 1. The standard InChI is InChI=1S/C18H34N8O6/c1-8(2)13(26-14(28)10(19)5-4-6-23-18(21)22)16(30)25-11(7-12(20)27)15(29)24-9(3)17(31)32/h8-11,13H,4-7,19H2,1-3H3,(H2,20,27)(H,24,29)(H,25,30)(H,26,28)(H,31,32)(H4,21,22,23). The van der Waals surface area contributed by atoms with Crippen molar-refractivity contribution in [2.75, 3.05) is 6.54 Å². The van der Waals surface area contributed by atoms with Gasteiger partial charge in [-0.05, 0) is 25.7 Å². The molecule has 12 N–H and O–H groups in total. The van der Waals surface area contributed by atoms with E-state index < -0.39 is 66.1 Å². The Morgan fingerprint density at radius 1 is 0.906 bits per heavy atom. The summed E-state index contributed by atoms with van der Waals surface area (Å²) in [5, 5.41) is 15.9. The molecular weight excluding hydrogens is 424 g/mol. The van der Waals surface area contributed by atoms with Crippen LogP contribution in [0.25, 0.3) is 0 Å².